The summed E-state index contributed by atoms with van der Waals surface area (Å²) in [5.74, 6) is -0.226. The van der Waals surface area contributed by atoms with Crippen molar-refractivity contribution in [2.24, 2.45) is 16.5 Å². The van der Waals surface area contributed by atoms with E-state index in [4.69, 9.17) is 23.1 Å². The standard InChI is InChI=1S/C19H20ClN9O/c20-11-7-12(9-13(8-11)29-24-5-6-25-29)26-18-14(17(22)30)10-23-19(28-18)27-16-4-2-1-3-15(16)21/h5-10,15H,1-4,21H2,(H2,22,30)(H,23,26,28)/b27-16+/t15-/m0/s1. The molecule has 2 aromatic heterocycles. The Kier molecular flexibility index (Phi) is 5.68. The van der Waals surface area contributed by atoms with Crippen molar-refractivity contribution in [1.82, 2.24) is 25.0 Å². The second kappa shape index (κ2) is 8.56. The largest absolute Gasteiger partial charge is 0.365 e. The highest BCUT2D eigenvalue weighted by atomic mass is 35.5. The van der Waals surface area contributed by atoms with E-state index in [-0.39, 0.29) is 23.4 Å². The Morgan fingerprint density at radius 1 is 1.23 bits per heavy atom. The Morgan fingerprint density at radius 3 is 2.77 bits per heavy atom. The van der Waals surface area contributed by atoms with E-state index in [2.05, 4.69) is 30.5 Å². The summed E-state index contributed by atoms with van der Waals surface area (Å²) < 4.78 is 0. The van der Waals surface area contributed by atoms with Crippen LogP contribution in [0.1, 0.15) is 36.0 Å². The molecule has 30 heavy (non-hydrogen) atoms. The molecule has 0 bridgehead atoms. The van der Waals surface area contributed by atoms with Crippen molar-refractivity contribution in [2.75, 3.05) is 5.32 Å². The molecule has 5 N–H and O–H groups in total. The van der Waals surface area contributed by atoms with Gasteiger partial charge in [0, 0.05) is 28.7 Å². The summed E-state index contributed by atoms with van der Waals surface area (Å²) in [6, 6.07) is 5.06. The zero-order chi connectivity index (χ0) is 21.1. The molecule has 1 atom stereocenters. The number of benzene rings is 1. The van der Waals surface area contributed by atoms with Crippen LogP contribution in [0.25, 0.3) is 5.69 Å². The number of primary amides is 1. The first-order chi connectivity index (χ1) is 14.5. The lowest BCUT2D eigenvalue weighted by Gasteiger charge is -2.19. The van der Waals surface area contributed by atoms with Gasteiger partial charge in [-0.05, 0) is 37.5 Å². The van der Waals surface area contributed by atoms with Gasteiger partial charge in [0.2, 0.25) is 0 Å². The lowest BCUT2D eigenvalue weighted by atomic mass is 9.94. The highest BCUT2D eigenvalue weighted by molar-refractivity contribution is 6.31. The number of halogens is 1. The van der Waals surface area contributed by atoms with Gasteiger partial charge in [-0.2, -0.15) is 20.0 Å². The fourth-order valence-electron chi connectivity index (χ4n) is 3.24. The molecule has 1 saturated carbocycles. The topological polar surface area (TPSA) is 150 Å². The van der Waals surface area contributed by atoms with Crippen LogP contribution in [0, 0.1) is 0 Å². The highest BCUT2D eigenvalue weighted by Crippen LogP contribution is 2.26. The van der Waals surface area contributed by atoms with Crippen LogP contribution in [0.2, 0.25) is 5.02 Å². The van der Waals surface area contributed by atoms with Gasteiger partial charge in [-0.1, -0.05) is 18.0 Å². The zero-order valence-electron chi connectivity index (χ0n) is 16.0. The van der Waals surface area contributed by atoms with Crippen LogP contribution in [0.5, 0.6) is 0 Å². The highest BCUT2D eigenvalue weighted by Gasteiger charge is 2.18. The molecule has 1 aromatic carbocycles. The van der Waals surface area contributed by atoms with Crippen LogP contribution in [0.4, 0.5) is 17.5 Å². The molecule has 1 amide bonds. The molecule has 1 aliphatic carbocycles. The van der Waals surface area contributed by atoms with Gasteiger partial charge in [-0.15, -0.1) is 0 Å². The van der Waals surface area contributed by atoms with Gasteiger partial charge in [0.15, 0.2) is 0 Å². The summed E-state index contributed by atoms with van der Waals surface area (Å²) in [4.78, 5) is 26.4. The summed E-state index contributed by atoms with van der Waals surface area (Å²) in [5, 5.41) is 11.7. The Labute approximate surface area is 177 Å². The van der Waals surface area contributed by atoms with Gasteiger partial charge in [0.1, 0.15) is 11.4 Å². The molecular weight excluding hydrogens is 406 g/mol. The predicted octanol–water partition coefficient (Wildman–Crippen LogP) is 2.53. The molecule has 154 valence electrons. The molecule has 0 saturated heterocycles. The van der Waals surface area contributed by atoms with E-state index < -0.39 is 5.91 Å². The molecule has 0 unspecified atom stereocenters. The summed E-state index contributed by atoms with van der Waals surface area (Å²) in [5.41, 5.74) is 13.8. The zero-order valence-corrected chi connectivity index (χ0v) is 16.8. The fourth-order valence-corrected chi connectivity index (χ4v) is 3.47. The minimum atomic E-state index is -0.665. The Hall–Kier alpha value is -3.37. The first-order valence-electron chi connectivity index (χ1n) is 9.44. The third kappa shape index (κ3) is 4.44. The number of carbonyl (C=O) groups is 1. The van der Waals surface area contributed by atoms with Gasteiger partial charge >= 0.3 is 0 Å². The van der Waals surface area contributed by atoms with E-state index in [9.17, 15) is 4.79 Å². The van der Waals surface area contributed by atoms with Crippen LogP contribution in [-0.4, -0.2) is 42.6 Å². The summed E-state index contributed by atoms with van der Waals surface area (Å²) in [7, 11) is 0. The van der Waals surface area contributed by atoms with Gasteiger partial charge in [-0.25, -0.2) is 9.98 Å². The van der Waals surface area contributed by atoms with Crippen molar-refractivity contribution < 1.29 is 4.79 Å². The van der Waals surface area contributed by atoms with Crippen LogP contribution in [-0.2, 0) is 0 Å². The van der Waals surface area contributed by atoms with Crippen molar-refractivity contribution in [2.45, 2.75) is 31.7 Å². The maximum Gasteiger partial charge on any atom is 0.254 e. The molecule has 1 aliphatic rings. The predicted molar refractivity (Wildman–Crippen MR) is 114 cm³/mol. The number of hydrogen-bond donors (Lipinski definition) is 3. The van der Waals surface area contributed by atoms with Gasteiger partial charge < -0.3 is 16.8 Å². The quantitative estimate of drug-likeness (QED) is 0.568. The second-order valence-corrected chi connectivity index (χ2v) is 7.33. The molecule has 4 rings (SSSR count). The number of aliphatic imine (C=N–C) groups is 1. The van der Waals surface area contributed by atoms with Crippen LogP contribution < -0.4 is 16.8 Å². The normalized spacial score (nSPS) is 17.8. The van der Waals surface area contributed by atoms with E-state index in [1.54, 1.807) is 30.6 Å². The molecule has 11 heteroatoms. The average Bonchev–Trinajstić information content (AvgIpc) is 3.24. The molecule has 10 nitrogen and oxygen atoms in total. The first kappa shape index (κ1) is 19.9. The Bertz CT molecular complexity index is 1100. The number of anilines is 2. The molecule has 2 heterocycles. The number of nitrogens with zero attached hydrogens (tertiary/aromatic N) is 6. The minimum Gasteiger partial charge on any atom is -0.365 e. The fraction of sp³-hybridized carbons (Fsp3) is 0.263. The van der Waals surface area contributed by atoms with E-state index >= 15 is 0 Å². The van der Waals surface area contributed by atoms with Crippen LogP contribution >= 0.6 is 11.6 Å². The maximum atomic E-state index is 11.9. The number of hydrogen-bond acceptors (Lipinski definition) is 8. The minimum absolute atomic E-state index is 0.105. The summed E-state index contributed by atoms with van der Waals surface area (Å²) in [6.45, 7) is 0. The third-order valence-electron chi connectivity index (χ3n) is 4.71. The van der Waals surface area contributed by atoms with Crippen molar-refractivity contribution in [3.05, 3.63) is 47.4 Å². The van der Waals surface area contributed by atoms with Gasteiger partial charge in [0.05, 0.1) is 18.1 Å². The Balaban J connectivity index is 1.69. The SMILES string of the molecule is NC(=O)c1cnc(/N=C2\CCCC[C@@H]2N)nc1Nc1cc(Cl)cc(-n2nccn2)c1. The number of amides is 1. The maximum absolute atomic E-state index is 11.9. The molecule has 1 fully saturated rings. The van der Waals surface area contributed by atoms with Crippen molar-refractivity contribution in [1.29, 1.82) is 0 Å². The number of carbonyl (C=O) groups excluding carboxylic acids is 1. The molecule has 0 spiro atoms. The third-order valence-corrected chi connectivity index (χ3v) is 4.92. The van der Waals surface area contributed by atoms with Gasteiger partial charge in [-0.3, -0.25) is 4.79 Å². The van der Waals surface area contributed by atoms with Gasteiger partial charge in [0.25, 0.3) is 11.9 Å². The monoisotopic (exact) mass is 425 g/mol. The molecular formula is C19H20ClN9O. The van der Waals surface area contributed by atoms with Crippen molar-refractivity contribution in [3.8, 4) is 5.69 Å². The second-order valence-electron chi connectivity index (χ2n) is 6.89. The van der Waals surface area contributed by atoms with E-state index in [0.29, 0.717) is 16.4 Å². The van der Waals surface area contributed by atoms with E-state index in [1.807, 2.05) is 0 Å². The summed E-state index contributed by atoms with van der Waals surface area (Å²) in [6.07, 6.45) is 8.28. The lowest BCUT2D eigenvalue weighted by molar-refractivity contribution is 0.100. The van der Waals surface area contributed by atoms with Crippen molar-refractivity contribution >= 4 is 40.7 Å². The molecule has 0 aliphatic heterocycles. The smallest absolute Gasteiger partial charge is 0.254 e. The van der Waals surface area contributed by atoms with Crippen LogP contribution in [0.15, 0.2) is 41.8 Å². The van der Waals surface area contributed by atoms with E-state index in [0.717, 1.165) is 31.4 Å². The number of rotatable bonds is 5. The van der Waals surface area contributed by atoms with Crippen molar-refractivity contribution in [3.63, 3.8) is 0 Å². The lowest BCUT2D eigenvalue weighted by Crippen LogP contribution is -2.33. The molecule has 3 aromatic rings. The Morgan fingerprint density at radius 2 is 2.03 bits per heavy atom. The summed E-state index contributed by atoms with van der Waals surface area (Å²) >= 11 is 6.24. The molecule has 0 radical (unpaired) electrons. The average molecular weight is 426 g/mol. The number of nitrogens with one attached hydrogen (secondary N) is 1. The van der Waals surface area contributed by atoms with E-state index in [1.165, 1.54) is 11.0 Å². The first-order valence-corrected chi connectivity index (χ1v) is 9.81. The van der Waals surface area contributed by atoms with Crippen LogP contribution in [0.3, 0.4) is 0 Å². The number of nitrogens with two attached hydrogens (primary N) is 2. The number of aromatic nitrogens is 5.